The molecule has 1 saturated heterocycles. The zero-order chi connectivity index (χ0) is 15.4. The van der Waals surface area contributed by atoms with Gasteiger partial charge in [0.2, 0.25) is 5.91 Å². The van der Waals surface area contributed by atoms with Crippen LogP contribution in [0.3, 0.4) is 0 Å². The Morgan fingerprint density at radius 1 is 1.14 bits per heavy atom. The molecule has 2 fully saturated rings. The van der Waals surface area contributed by atoms with Crippen molar-refractivity contribution in [3.05, 3.63) is 29.8 Å². The molecule has 2 aliphatic rings. The molecular weight excluding hydrogens is 296 g/mol. The van der Waals surface area contributed by atoms with E-state index >= 15 is 0 Å². The van der Waals surface area contributed by atoms with E-state index in [1.54, 1.807) is 23.9 Å². The third kappa shape index (κ3) is 4.03. The van der Waals surface area contributed by atoms with E-state index in [4.69, 9.17) is 4.99 Å². The minimum Gasteiger partial charge on any atom is -0.508 e. The van der Waals surface area contributed by atoms with Gasteiger partial charge in [0.15, 0.2) is 5.17 Å². The molecule has 1 heterocycles. The molecule has 0 bridgehead atoms. The van der Waals surface area contributed by atoms with Gasteiger partial charge >= 0.3 is 0 Å². The largest absolute Gasteiger partial charge is 0.508 e. The molecule has 118 valence electrons. The third-order valence-electron chi connectivity index (χ3n) is 4.26. The molecule has 1 atom stereocenters. The molecule has 0 spiro atoms. The summed E-state index contributed by atoms with van der Waals surface area (Å²) < 4.78 is 0. The first-order chi connectivity index (χ1) is 10.7. The highest BCUT2D eigenvalue weighted by molar-refractivity contribution is 8.15. The van der Waals surface area contributed by atoms with Crippen molar-refractivity contribution in [3.8, 4) is 5.75 Å². The summed E-state index contributed by atoms with van der Waals surface area (Å²) in [5.41, 5.74) is 1.06. The Morgan fingerprint density at radius 3 is 2.50 bits per heavy atom. The van der Waals surface area contributed by atoms with Crippen LogP contribution < -0.4 is 5.32 Å². The lowest BCUT2D eigenvalue weighted by Gasteiger charge is -2.09. The normalized spacial score (nSPS) is 25.2. The smallest absolute Gasteiger partial charge is 0.239 e. The second-order valence-corrected chi connectivity index (χ2v) is 7.24. The summed E-state index contributed by atoms with van der Waals surface area (Å²) in [5, 5.41) is 12.9. The lowest BCUT2D eigenvalue weighted by atomic mass is 10.1. The number of amides is 1. The predicted octanol–water partition coefficient (Wildman–Crippen LogP) is 3.25. The van der Waals surface area contributed by atoms with Gasteiger partial charge in [0.25, 0.3) is 0 Å². The minimum atomic E-state index is -0.117. The number of amidine groups is 1. The summed E-state index contributed by atoms with van der Waals surface area (Å²) in [7, 11) is 0. The number of nitrogens with zero attached hydrogens (tertiary/aromatic N) is 1. The van der Waals surface area contributed by atoms with Gasteiger partial charge in [0.1, 0.15) is 5.75 Å². The first kappa shape index (κ1) is 15.4. The van der Waals surface area contributed by atoms with Gasteiger partial charge in [-0.1, -0.05) is 49.6 Å². The van der Waals surface area contributed by atoms with Crippen LogP contribution >= 0.6 is 11.8 Å². The number of phenolic OH excluding ortho intramolecular Hbond substituents is 1. The summed E-state index contributed by atoms with van der Waals surface area (Å²) in [6, 6.07) is 7.42. The monoisotopic (exact) mass is 318 g/mol. The standard InChI is InChI=1S/C17H22N2O2S/c20-14-9-7-12(8-10-14)11-15-16(21)19-17(22-15)18-13-5-3-1-2-4-6-13/h7-10,13,15,20H,1-6,11H2,(H,18,19,21). The number of aliphatic imine (C=N–C) groups is 1. The molecule has 1 saturated carbocycles. The van der Waals surface area contributed by atoms with Crippen molar-refractivity contribution in [2.75, 3.05) is 0 Å². The number of aromatic hydroxyl groups is 1. The van der Waals surface area contributed by atoms with Crippen LogP contribution in [0.5, 0.6) is 5.75 Å². The number of hydrogen-bond acceptors (Lipinski definition) is 4. The molecular formula is C17H22N2O2S. The first-order valence-electron chi connectivity index (χ1n) is 8.04. The summed E-state index contributed by atoms with van der Waals surface area (Å²) in [4.78, 5) is 16.9. The van der Waals surface area contributed by atoms with Crippen molar-refractivity contribution in [2.24, 2.45) is 4.99 Å². The zero-order valence-corrected chi connectivity index (χ0v) is 13.4. The Hall–Kier alpha value is -1.49. The van der Waals surface area contributed by atoms with E-state index in [0.29, 0.717) is 12.5 Å². The summed E-state index contributed by atoms with van der Waals surface area (Å²) in [5.74, 6) is 0.299. The van der Waals surface area contributed by atoms with Gasteiger partial charge < -0.3 is 10.4 Å². The summed E-state index contributed by atoms with van der Waals surface area (Å²) >= 11 is 1.55. The number of carbonyl (C=O) groups excluding carboxylic acids is 1. The zero-order valence-electron chi connectivity index (χ0n) is 12.6. The number of phenols is 1. The molecule has 1 aliphatic carbocycles. The molecule has 3 rings (SSSR count). The van der Waals surface area contributed by atoms with Crippen molar-refractivity contribution >= 4 is 22.8 Å². The molecule has 1 aromatic carbocycles. The van der Waals surface area contributed by atoms with E-state index in [0.717, 1.165) is 23.6 Å². The van der Waals surface area contributed by atoms with E-state index < -0.39 is 0 Å². The number of benzene rings is 1. The van der Waals surface area contributed by atoms with Crippen LogP contribution in [0.2, 0.25) is 0 Å². The van der Waals surface area contributed by atoms with Crippen LogP contribution in [0.4, 0.5) is 0 Å². The van der Waals surface area contributed by atoms with Gasteiger partial charge in [-0.25, -0.2) is 0 Å². The van der Waals surface area contributed by atoms with Crippen LogP contribution in [0.1, 0.15) is 44.1 Å². The highest BCUT2D eigenvalue weighted by Gasteiger charge is 2.30. The van der Waals surface area contributed by atoms with Gasteiger partial charge in [-0.3, -0.25) is 9.79 Å². The third-order valence-corrected chi connectivity index (χ3v) is 5.35. The number of thioether (sulfide) groups is 1. The van der Waals surface area contributed by atoms with Gasteiger partial charge in [0, 0.05) is 0 Å². The number of hydrogen-bond donors (Lipinski definition) is 2. The number of rotatable bonds is 3. The van der Waals surface area contributed by atoms with Gasteiger partial charge in [-0.05, 0) is 37.0 Å². The SMILES string of the molecule is O=C1NC(=NC2CCCCCC2)SC1Cc1ccc(O)cc1. The van der Waals surface area contributed by atoms with Crippen molar-refractivity contribution in [1.82, 2.24) is 5.32 Å². The quantitative estimate of drug-likeness (QED) is 0.841. The van der Waals surface area contributed by atoms with E-state index in [2.05, 4.69) is 5.32 Å². The molecule has 4 nitrogen and oxygen atoms in total. The average Bonchev–Trinajstić information content (AvgIpc) is 2.70. The Labute approximate surface area is 135 Å². The van der Waals surface area contributed by atoms with Gasteiger partial charge in [-0.15, -0.1) is 0 Å². The lowest BCUT2D eigenvalue weighted by molar-refractivity contribution is -0.118. The molecule has 0 aromatic heterocycles. The maximum absolute atomic E-state index is 12.1. The van der Waals surface area contributed by atoms with Crippen LogP contribution in [0.15, 0.2) is 29.3 Å². The minimum absolute atomic E-state index is 0.0467. The van der Waals surface area contributed by atoms with Crippen molar-refractivity contribution in [2.45, 2.75) is 56.2 Å². The topological polar surface area (TPSA) is 61.7 Å². The molecule has 5 heteroatoms. The average molecular weight is 318 g/mol. The van der Waals surface area contributed by atoms with E-state index in [9.17, 15) is 9.90 Å². The van der Waals surface area contributed by atoms with Gasteiger partial charge in [-0.2, -0.15) is 0 Å². The molecule has 0 radical (unpaired) electrons. The molecule has 1 amide bonds. The van der Waals surface area contributed by atoms with Gasteiger partial charge in [0.05, 0.1) is 11.3 Å². The molecule has 1 aromatic rings. The molecule has 22 heavy (non-hydrogen) atoms. The lowest BCUT2D eigenvalue weighted by Crippen LogP contribution is -2.26. The maximum atomic E-state index is 12.1. The summed E-state index contributed by atoms with van der Waals surface area (Å²) in [6.07, 6.45) is 8.06. The highest BCUT2D eigenvalue weighted by Crippen LogP contribution is 2.26. The Bertz CT molecular complexity index is 548. The molecule has 1 aliphatic heterocycles. The van der Waals surface area contributed by atoms with Crippen LogP contribution in [0.25, 0.3) is 0 Å². The Balaban J connectivity index is 1.61. The maximum Gasteiger partial charge on any atom is 0.239 e. The van der Waals surface area contributed by atoms with Crippen molar-refractivity contribution < 1.29 is 9.90 Å². The molecule has 1 unspecified atom stereocenters. The Morgan fingerprint density at radius 2 is 1.82 bits per heavy atom. The van der Waals surface area contributed by atoms with Crippen LogP contribution in [-0.4, -0.2) is 27.5 Å². The second-order valence-electron chi connectivity index (χ2n) is 6.05. The highest BCUT2D eigenvalue weighted by atomic mass is 32.2. The fraction of sp³-hybridized carbons (Fsp3) is 0.529. The second kappa shape index (κ2) is 7.18. The fourth-order valence-corrected chi connectivity index (χ4v) is 4.08. The number of nitrogens with one attached hydrogen (secondary N) is 1. The van der Waals surface area contributed by atoms with Crippen molar-refractivity contribution in [1.29, 1.82) is 0 Å². The van der Waals surface area contributed by atoms with Crippen LogP contribution in [0, 0.1) is 0 Å². The first-order valence-corrected chi connectivity index (χ1v) is 8.92. The summed E-state index contributed by atoms with van der Waals surface area (Å²) in [6.45, 7) is 0. The predicted molar refractivity (Wildman–Crippen MR) is 90.3 cm³/mol. The fourth-order valence-electron chi connectivity index (χ4n) is 3.00. The van der Waals surface area contributed by atoms with E-state index in [1.165, 1.54) is 25.7 Å². The number of carbonyl (C=O) groups is 1. The van der Waals surface area contributed by atoms with E-state index in [-0.39, 0.29) is 16.9 Å². The van der Waals surface area contributed by atoms with Crippen molar-refractivity contribution in [3.63, 3.8) is 0 Å². The van der Waals surface area contributed by atoms with E-state index in [1.807, 2.05) is 12.1 Å². The Kier molecular flexibility index (Phi) is 5.03. The van der Waals surface area contributed by atoms with Crippen LogP contribution in [-0.2, 0) is 11.2 Å². The molecule has 2 N–H and O–H groups in total.